The first-order valence-corrected chi connectivity index (χ1v) is 6.93. The second-order valence-corrected chi connectivity index (χ2v) is 5.26. The largest absolute Gasteiger partial charge is 0.310 e. The highest BCUT2D eigenvalue weighted by atomic mass is 16.1. The van der Waals surface area contributed by atoms with E-state index in [2.05, 4.69) is 30.1 Å². The smallest absolute Gasteiger partial charge is 0.263 e. The van der Waals surface area contributed by atoms with Crippen LogP contribution < -0.4 is 5.56 Å². The molecule has 8 nitrogen and oxygen atoms in total. The normalized spacial score (nSPS) is 20.5. The predicted octanol–water partition coefficient (Wildman–Crippen LogP) is 0.969. The second kappa shape index (κ2) is 4.73. The molecule has 0 aromatic carbocycles. The van der Waals surface area contributed by atoms with Gasteiger partial charge in [0.05, 0.1) is 0 Å². The van der Waals surface area contributed by atoms with E-state index >= 15 is 0 Å². The number of nitrogens with one attached hydrogen (secondary N) is 2. The highest BCUT2D eigenvalue weighted by Gasteiger charge is 2.37. The third-order valence-electron chi connectivity index (χ3n) is 4.10. The first kappa shape index (κ1) is 12.6. The number of nitriles is 1. The zero-order chi connectivity index (χ0) is 15.1. The van der Waals surface area contributed by atoms with Crippen LogP contribution >= 0.6 is 0 Å². The van der Waals surface area contributed by atoms with Crippen molar-refractivity contribution in [2.75, 3.05) is 0 Å². The number of nitrogens with zero attached hydrogens (tertiary/aromatic N) is 5. The van der Waals surface area contributed by atoms with Gasteiger partial charge in [-0.3, -0.25) is 9.89 Å². The Kier molecular flexibility index (Phi) is 2.72. The maximum Gasteiger partial charge on any atom is 0.263 e. The Balaban J connectivity index is 1.76. The summed E-state index contributed by atoms with van der Waals surface area (Å²) in [6.45, 7) is 0. The molecule has 1 saturated carbocycles. The maximum absolute atomic E-state index is 12.2. The minimum Gasteiger partial charge on any atom is -0.310 e. The van der Waals surface area contributed by atoms with Crippen LogP contribution in [0.4, 0.5) is 0 Å². The lowest BCUT2D eigenvalue weighted by atomic mass is 9.72. The summed E-state index contributed by atoms with van der Waals surface area (Å²) in [4.78, 5) is 27.9. The van der Waals surface area contributed by atoms with Gasteiger partial charge in [-0.1, -0.05) is 0 Å². The van der Waals surface area contributed by atoms with E-state index in [0.717, 1.165) is 18.7 Å². The first-order chi connectivity index (χ1) is 10.8. The molecule has 2 atom stereocenters. The Labute approximate surface area is 124 Å². The van der Waals surface area contributed by atoms with Crippen LogP contribution in [0.15, 0.2) is 23.3 Å². The van der Waals surface area contributed by atoms with Crippen molar-refractivity contribution in [2.45, 2.75) is 24.7 Å². The fourth-order valence-corrected chi connectivity index (χ4v) is 2.84. The van der Waals surface area contributed by atoms with E-state index in [-0.39, 0.29) is 34.1 Å². The molecule has 0 bridgehead atoms. The van der Waals surface area contributed by atoms with Gasteiger partial charge in [0.1, 0.15) is 23.1 Å². The highest BCUT2D eigenvalue weighted by Crippen LogP contribution is 2.46. The molecule has 0 aliphatic heterocycles. The van der Waals surface area contributed by atoms with Gasteiger partial charge in [-0.15, -0.1) is 0 Å². The number of hydrogen-bond donors (Lipinski definition) is 2. The van der Waals surface area contributed by atoms with Crippen LogP contribution in [0, 0.1) is 11.3 Å². The summed E-state index contributed by atoms with van der Waals surface area (Å²) in [6, 6.07) is 3.68. The molecule has 3 aromatic heterocycles. The topological polar surface area (TPSA) is 124 Å². The summed E-state index contributed by atoms with van der Waals surface area (Å²) in [7, 11) is 0. The number of aromatic amines is 2. The van der Waals surface area contributed by atoms with Crippen LogP contribution in [0.3, 0.4) is 0 Å². The second-order valence-electron chi connectivity index (χ2n) is 5.26. The molecule has 2 unspecified atom stereocenters. The van der Waals surface area contributed by atoms with Crippen molar-refractivity contribution in [3.63, 3.8) is 0 Å². The zero-order valence-corrected chi connectivity index (χ0v) is 11.4. The fourth-order valence-electron chi connectivity index (χ4n) is 2.84. The lowest BCUT2D eigenvalue weighted by molar-refractivity contribution is 0.319. The van der Waals surface area contributed by atoms with E-state index in [4.69, 9.17) is 5.26 Å². The monoisotopic (exact) mass is 293 g/mol. The molecule has 0 amide bonds. The average molecular weight is 293 g/mol. The van der Waals surface area contributed by atoms with E-state index in [0.29, 0.717) is 5.82 Å². The van der Waals surface area contributed by atoms with Gasteiger partial charge < -0.3 is 4.98 Å². The Hall–Kier alpha value is -3.08. The quantitative estimate of drug-likeness (QED) is 0.725. The van der Waals surface area contributed by atoms with Crippen molar-refractivity contribution < 1.29 is 0 Å². The van der Waals surface area contributed by atoms with E-state index in [1.807, 2.05) is 6.07 Å². The summed E-state index contributed by atoms with van der Waals surface area (Å²) in [5, 5.41) is 15.6. The molecule has 22 heavy (non-hydrogen) atoms. The molecule has 1 fully saturated rings. The summed E-state index contributed by atoms with van der Waals surface area (Å²) < 4.78 is 0. The number of rotatable bonds is 2. The SMILES string of the molecule is N#Cc1[nH]nc2nc(C3CCC3c3ncccn3)[nH]c(=O)c12. The van der Waals surface area contributed by atoms with Crippen LogP contribution in [0.25, 0.3) is 11.0 Å². The molecule has 0 spiro atoms. The summed E-state index contributed by atoms with van der Waals surface area (Å²) in [6.07, 6.45) is 5.29. The van der Waals surface area contributed by atoms with Crippen LogP contribution in [0.2, 0.25) is 0 Å². The molecule has 1 aliphatic rings. The summed E-state index contributed by atoms with van der Waals surface area (Å²) in [5.74, 6) is 1.57. The number of hydrogen-bond acceptors (Lipinski definition) is 6. The Morgan fingerprint density at radius 2 is 2.00 bits per heavy atom. The standard InChI is InChI=1S/C14H11N7O/c15-6-9-10-13(21-20-9)18-12(19-14(10)22)8-3-2-7(8)11-16-4-1-5-17-11/h1,4-5,7-8H,2-3H2,(H2,18,19,20,21,22). The molecule has 108 valence electrons. The van der Waals surface area contributed by atoms with Crippen LogP contribution in [0.1, 0.15) is 42.0 Å². The van der Waals surface area contributed by atoms with Crippen molar-refractivity contribution in [3.8, 4) is 6.07 Å². The van der Waals surface area contributed by atoms with Gasteiger partial charge in [-0.25, -0.2) is 15.0 Å². The van der Waals surface area contributed by atoms with Crippen molar-refractivity contribution in [3.05, 3.63) is 46.2 Å². The van der Waals surface area contributed by atoms with E-state index < -0.39 is 0 Å². The van der Waals surface area contributed by atoms with E-state index in [9.17, 15) is 4.79 Å². The highest BCUT2D eigenvalue weighted by molar-refractivity contribution is 5.79. The molecule has 1 aliphatic carbocycles. The molecule has 0 saturated heterocycles. The van der Waals surface area contributed by atoms with Crippen LogP contribution in [-0.4, -0.2) is 30.1 Å². The van der Waals surface area contributed by atoms with Crippen molar-refractivity contribution in [1.29, 1.82) is 5.26 Å². The molecule has 8 heteroatoms. The van der Waals surface area contributed by atoms with Gasteiger partial charge in [-0.2, -0.15) is 10.4 Å². The van der Waals surface area contributed by atoms with Crippen molar-refractivity contribution >= 4 is 11.0 Å². The lowest BCUT2D eigenvalue weighted by Gasteiger charge is -2.34. The predicted molar refractivity (Wildman–Crippen MR) is 76.0 cm³/mol. The average Bonchev–Trinajstić information content (AvgIpc) is 2.91. The van der Waals surface area contributed by atoms with Crippen molar-refractivity contribution in [1.82, 2.24) is 30.1 Å². The lowest BCUT2D eigenvalue weighted by Crippen LogP contribution is -2.27. The summed E-state index contributed by atoms with van der Waals surface area (Å²) in [5.41, 5.74) is 0.0618. The van der Waals surface area contributed by atoms with Gasteiger partial charge in [0.25, 0.3) is 5.56 Å². The maximum atomic E-state index is 12.2. The zero-order valence-electron chi connectivity index (χ0n) is 11.4. The minimum atomic E-state index is -0.343. The fraction of sp³-hybridized carbons (Fsp3) is 0.286. The van der Waals surface area contributed by atoms with Gasteiger partial charge >= 0.3 is 0 Å². The molecule has 0 radical (unpaired) electrons. The van der Waals surface area contributed by atoms with Gasteiger partial charge in [0.15, 0.2) is 11.3 Å². The molecule has 4 rings (SSSR count). The van der Waals surface area contributed by atoms with Gasteiger partial charge in [0.2, 0.25) is 0 Å². The van der Waals surface area contributed by atoms with Gasteiger partial charge in [-0.05, 0) is 18.9 Å². The van der Waals surface area contributed by atoms with E-state index in [1.54, 1.807) is 18.5 Å². The van der Waals surface area contributed by atoms with Crippen molar-refractivity contribution in [2.24, 2.45) is 0 Å². The van der Waals surface area contributed by atoms with Crippen LogP contribution in [-0.2, 0) is 0 Å². The molecule has 2 N–H and O–H groups in total. The number of aromatic nitrogens is 6. The number of H-pyrrole nitrogens is 2. The summed E-state index contributed by atoms with van der Waals surface area (Å²) >= 11 is 0. The third kappa shape index (κ3) is 1.79. The van der Waals surface area contributed by atoms with Gasteiger partial charge in [0, 0.05) is 24.2 Å². The molecule has 3 aromatic rings. The minimum absolute atomic E-state index is 0.0711. The third-order valence-corrected chi connectivity index (χ3v) is 4.10. The molecular weight excluding hydrogens is 282 g/mol. The Bertz CT molecular complexity index is 937. The first-order valence-electron chi connectivity index (χ1n) is 6.93. The number of fused-ring (bicyclic) bond motifs is 1. The van der Waals surface area contributed by atoms with E-state index in [1.165, 1.54) is 0 Å². The molecular formula is C14H11N7O. The molecule has 3 heterocycles. The Morgan fingerprint density at radius 1 is 1.23 bits per heavy atom. The Morgan fingerprint density at radius 3 is 2.68 bits per heavy atom. The van der Waals surface area contributed by atoms with Crippen LogP contribution in [0.5, 0.6) is 0 Å².